The molecule has 3 rings (SSSR count). The molecule has 0 radical (unpaired) electrons. The molecular formula is C22H32N2O3S. The maximum atomic E-state index is 13.2. The third-order valence-corrected chi connectivity index (χ3v) is 8.14. The van der Waals surface area contributed by atoms with Crippen molar-refractivity contribution in [2.45, 2.75) is 62.8 Å². The van der Waals surface area contributed by atoms with E-state index in [0.29, 0.717) is 23.9 Å². The number of hydrogen-bond donors (Lipinski definition) is 1. The number of carbonyl (C=O) groups excluding carboxylic acids is 1. The Kier molecular flexibility index (Phi) is 6.61. The summed E-state index contributed by atoms with van der Waals surface area (Å²) >= 11 is 0. The molecule has 28 heavy (non-hydrogen) atoms. The van der Waals surface area contributed by atoms with Gasteiger partial charge in [-0.25, -0.2) is 8.42 Å². The molecule has 0 spiro atoms. The summed E-state index contributed by atoms with van der Waals surface area (Å²) in [4.78, 5) is 12.0. The first-order chi connectivity index (χ1) is 13.3. The number of piperidine rings is 1. The quantitative estimate of drug-likeness (QED) is 0.761. The van der Waals surface area contributed by atoms with Crippen LogP contribution in [0.5, 0.6) is 0 Å². The number of hydrogen-bond acceptors (Lipinski definition) is 3. The smallest absolute Gasteiger partial charge is 0.243 e. The van der Waals surface area contributed by atoms with Crippen molar-refractivity contribution in [2.24, 2.45) is 11.8 Å². The Balaban J connectivity index is 1.72. The Morgan fingerprint density at radius 2 is 1.64 bits per heavy atom. The van der Waals surface area contributed by atoms with Crippen LogP contribution in [0.4, 0.5) is 0 Å². The molecule has 1 heterocycles. The third-order valence-electron chi connectivity index (χ3n) is 6.30. The van der Waals surface area contributed by atoms with Crippen molar-refractivity contribution in [3.8, 4) is 0 Å². The molecular weight excluding hydrogens is 372 g/mol. The van der Waals surface area contributed by atoms with Gasteiger partial charge in [-0.3, -0.25) is 4.79 Å². The minimum absolute atomic E-state index is 0.0314. The molecule has 1 aromatic rings. The molecule has 1 amide bonds. The molecule has 154 valence electrons. The monoisotopic (exact) mass is 404 g/mol. The average molecular weight is 405 g/mol. The van der Waals surface area contributed by atoms with Crippen molar-refractivity contribution >= 4 is 15.9 Å². The second kappa shape index (κ2) is 8.78. The maximum Gasteiger partial charge on any atom is 0.243 e. The van der Waals surface area contributed by atoms with Gasteiger partial charge in [-0.2, -0.15) is 4.31 Å². The molecule has 0 bridgehead atoms. The minimum Gasteiger partial charge on any atom is -0.349 e. The molecule has 2 unspecified atom stereocenters. The maximum absolute atomic E-state index is 13.2. The predicted octanol–water partition coefficient (Wildman–Crippen LogP) is 3.68. The van der Waals surface area contributed by atoms with Gasteiger partial charge in [0.25, 0.3) is 0 Å². The lowest BCUT2D eigenvalue weighted by Crippen LogP contribution is -2.55. The van der Waals surface area contributed by atoms with E-state index >= 15 is 0 Å². The normalized spacial score (nSPS) is 27.3. The Morgan fingerprint density at radius 1 is 1.07 bits per heavy atom. The van der Waals surface area contributed by atoms with Crippen molar-refractivity contribution in [3.05, 3.63) is 42.5 Å². The highest BCUT2D eigenvalue weighted by molar-refractivity contribution is 7.89. The summed E-state index contributed by atoms with van der Waals surface area (Å²) in [5, 5.41) is 2.95. The van der Waals surface area contributed by atoms with Crippen LogP contribution >= 0.6 is 0 Å². The van der Waals surface area contributed by atoms with E-state index in [1.807, 2.05) is 26.0 Å². The Labute approximate surface area is 169 Å². The van der Waals surface area contributed by atoms with E-state index in [-0.39, 0.29) is 23.8 Å². The molecule has 2 aliphatic rings. The lowest BCUT2D eigenvalue weighted by Gasteiger charge is -2.40. The Morgan fingerprint density at radius 3 is 2.18 bits per heavy atom. The van der Waals surface area contributed by atoms with Gasteiger partial charge in [0.2, 0.25) is 15.9 Å². The number of sulfonamides is 1. The SMILES string of the molecule is C=CC(=O)NC1C(C)CN(S(=O)(=O)c2ccc(C3CCCCC3)cc2)CC1C. The Bertz CT molecular complexity index is 786. The molecule has 2 fully saturated rings. The summed E-state index contributed by atoms with van der Waals surface area (Å²) in [6.07, 6.45) is 7.49. The number of nitrogens with zero attached hydrogens (tertiary/aromatic N) is 1. The van der Waals surface area contributed by atoms with E-state index in [1.165, 1.54) is 43.7 Å². The largest absolute Gasteiger partial charge is 0.349 e. The highest BCUT2D eigenvalue weighted by Crippen LogP contribution is 2.33. The van der Waals surface area contributed by atoms with Crippen LogP contribution in [0.15, 0.2) is 41.8 Å². The van der Waals surface area contributed by atoms with Gasteiger partial charge in [-0.15, -0.1) is 0 Å². The molecule has 1 saturated carbocycles. The fourth-order valence-electron chi connectivity index (χ4n) is 4.71. The van der Waals surface area contributed by atoms with Crippen molar-refractivity contribution in [2.75, 3.05) is 13.1 Å². The fraction of sp³-hybridized carbons (Fsp3) is 0.591. The van der Waals surface area contributed by atoms with Crippen LogP contribution in [0.1, 0.15) is 57.4 Å². The van der Waals surface area contributed by atoms with Crippen LogP contribution in [0.25, 0.3) is 0 Å². The number of nitrogens with one attached hydrogen (secondary N) is 1. The zero-order valence-corrected chi connectivity index (χ0v) is 17.7. The average Bonchev–Trinajstić information content (AvgIpc) is 2.71. The van der Waals surface area contributed by atoms with Gasteiger partial charge in [0, 0.05) is 19.1 Å². The predicted molar refractivity (Wildman–Crippen MR) is 111 cm³/mol. The van der Waals surface area contributed by atoms with Gasteiger partial charge in [-0.1, -0.05) is 51.8 Å². The lowest BCUT2D eigenvalue weighted by molar-refractivity contribution is -0.118. The van der Waals surface area contributed by atoms with E-state index in [1.54, 1.807) is 16.4 Å². The second-order valence-corrected chi connectivity index (χ2v) is 10.4. The number of rotatable bonds is 5. The zero-order valence-electron chi connectivity index (χ0n) is 16.9. The minimum atomic E-state index is -3.53. The van der Waals surface area contributed by atoms with Crippen molar-refractivity contribution in [3.63, 3.8) is 0 Å². The first-order valence-electron chi connectivity index (χ1n) is 10.4. The van der Waals surface area contributed by atoms with Crippen LogP contribution in [0.3, 0.4) is 0 Å². The summed E-state index contributed by atoms with van der Waals surface area (Å²) in [5.74, 6) is 0.418. The third kappa shape index (κ3) is 4.49. The summed E-state index contributed by atoms with van der Waals surface area (Å²) in [6, 6.07) is 7.46. The van der Waals surface area contributed by atoms with Gasteiger partial charge >= 0.3 is 0 Å². The molecule has 1 aromatic carbocycles. The molecule has 1 saturated heterocycles. The summed E-state index contributed by atoms with van der Waals surface area (Å²) < 4.78 is 27.9. The van der Waals surface area contributed by atoms with Gasteiger partial charge < -0.3 is 5.32 Å². The van der Waals surface area contributed by atoms with Crippen LogP contribution in [0, 0.1) is 11.8 Å². The first kappa shape index (κ1) is 21.1. The van der Waals surface area contributed by atoms with Gasteiger partial charge in [0.15, 0.2) is 0 Å². The molecule has 2 atom stereocenters. The van der Waals surface area contributed by atoms with Crippen molar-refractivity contribution < 1.29 is 13.2 Å². The highest BCUT2D eigenvalue weighted by atomic mass is 32.2. The molecule has 0 aromatic heterocycles. The number of carbonyl (C=O) groups is 1. The van der Waals surface area contributed by atoms with Crippen LogP contribution in [-0.2, 0) is 14.8 Å². The zero-order chi connectivity index (χ0) is 20.3. The molecule has 6 heteroatoms. The molecule has 5 nitrogen and oxygen atoms in total. The number of benzene rings is 1. The van der Waals surface area contributed by atoms with E-state index in [9.17, 15) is 13.2 Å². The topological polar surface area (TPSA) is 66.5 Å². The van der Waals surface area contributed by atoms with E-state index in [2.05, 4.69) is 11.9 Å². The summed E-state index contributed by atoms with van der Waals surface area (Å²) in [7, 11) is -3.53. The van der Waals surface area contributed by atoms with Crippen LogP contribution in [0.2, 0.25) is 0 Å². The van der Waals surface area contributed by atoms with Crippen LogP contribution < -0.4 is 5.32 Å². The van der Waals surface area contributed by atoms with Gasteiger partial charge in [0.05, 0.1) is 4.90 Å². The van der Waals surface area contributed by atoms with E-state index < -0.39 is 10.0 Å². The van der Waals surface area contributed by atoms with Gasteiger partial charge in [0.1, 0.15) is 0 Å². The van der Waals surface area contributed by atoms with Crippen molar-refractivity contribution in [1.29, 1.82) is 0 Å². The molecule has 1 aliphatic heterocycles. The van der Waals surface area contributed by atoms with Crippen LogP contribution in [-0.4, -0.2) is 37.8 Å². The molecule has 1 aliphatic carbocycles. The Hall–Kier alpha value is -1.66. The number of amides is 1. The first-order valence-corrected chi connectivity index (χ1v) is 11.8. The lowest BCUT2D eigenvalue weighted by atomic mass is 9.84. The molecule has 1 N–H and O–H groups in total. The fourth-order valence-corrected chi connectivity index (χ4v) is 6.35. The van der Waals surface area contributed by atoms with E-state index in [0.717, 1.165) is 0 Å². The summed E-state index contributed by atoms with van der Waals surface area (Å²) in [6.45, 7) is 8.27. The second-order valence-electron chi connectivity index (χ2n) is 8.42. The van der Waals surface area contributed by atoms with Gasteiger partial charge in [-0.05, 0) is 54.4 Å². The summed E-state index contributed by atoms with van der Waals surface area (Å²) in [5.41, 5.74) is 1.26. The standard InChI is InChI=1S/C22H32N2O3S/c1-4-21(25)23-22-16(2)14-24(15-17(22)3)28(26,27)20-12-10-19(11-13-20)18-8-6-5-7-9-18/h4,10-13,16-18,22H,1,5-9,14-15H2,2-3H3,(H,23,25). The van der Waals surface area contributed by atoms with E-state index in [4.69, 9.17) is 0 Å². The highest BCUT2D eigenvalue weighted by Gasteiger charge is 2.38. The van der Waals surface area contributed by atoms with Crippen molar-refractivity contribution in [1.82, 2.24) is 9.62 Å².